The number of benzene rings is 1. The third-order valence-electron chi connectivity index (χ3n) is 4.96. The van der Waals surface area contributed by atoms with Gasteiger partial charge in [0.25, 0.3) is 0 Å². The van der Waals surface area contributed by atoms with Crippen molar-refractivity contribution in [2.75, 3.05) is 6.54 Å². The Hall–Kier alpha value is -3.22. The smallest absolute Gasteiger partial charge is 0.242 e. The number of imidazole rings is 1. The summed E-state index contributed by atoms with van der Waals surface area (Å²) in [6.45, 7) is 2.75. The fourth-order valence-electron chi connectivity index (χ4n) is 3.46. The molecule has 0 aliphatic carbocycles. The number of nitrogens with one attached hydrogen (secondary N) is 1. The molecule has 1 saturated heterocycles. The molecular formula is C20H21N5O2. The monoisotopic (exact) mass is 363 g/mol. The second-order valence-electron chi connectivity index (χ2n) is 6.67. The van der Waals surface area contributed by atoms with Crippen LogP contribution in [0.2, 0.25) is 0 Å². The zero-order valence-corrected chi connectivity index (χ0v) is 15.1. The number of rotatable bonds is 5. The van der Waals surface area contributed by atoms with Gasteiger partial charge in [0.15, 0.2) is 0 Å². The lowest BCUT2D eigenvalue weighted by Crippen LogP contribution is -2.45. The van der Waals surface area contributed by atoms with Crippen LogP contribution in [0.3, 0.4) is 0 Å². The standard InChI is InChI=1S/C20H21N5O2/c1-14(24-11-5-9-18(24)26)20(27)22-12-15-6-4-10-21-19(15)25-13-23-16-7-2-3-8-17(16)25/h2-4,6-8,10,13-14H,5,9,11-12H2,1H3,(H,22,27)/t14-/m1/s1. The van der Waals surface area contributed by atoms with Crippen molar-refractivity contribution in [3.63, 3.8) is 0 Å². The first-order valence-corrected chi connectivity index (χ1v) is 9.08. The van der Waals surface area contributed by atoms with E-state index in [-0.39, 0.29) is 11.8 Å². The van der Waals surface area contributed by atoms with Crippen LogP contribution in [0, 0.1) is 0 Å². The van der Waals surface area contributed by atoms with Crippen molar-refractivity contribution in [1.29, 1.82) is 0 Å². The topological polar surface area (TPSA) is 80.1 Å². The molecule has 7 heteroatoms. The molecule has 27 heavy (non-hydrogen) atoms. The first kappa shape index (κ1) is 17.2. The van der Waals surface area contributed by atoms with E-state index in [1.807, 2.05) is 41.0 Å². The summed E-state index contributed by atoms with van der Waals surface area (Å²) in [5, 5.41) is 2.94. The summed E-state index contributed by atoms with van der Waals surface area (Å²) in [7, 11) is 0. The zero-order chi connectivity index (χ0) is 18.8. The van der Waals surface area contributed by atoms with Crippen LogP contribution in [0.25, 0.3) is 16.9 Å². The van der Waals surface area contributed by atoms with Gasteiger partial charge in [0, 0.05) is 31.3 Å². The predicted octanol–water partition coefficient (Wildman–Crippen LogP) is 2.05. The summed E-state index contributed by atoms with van der Waals surface area (Å²) in [4.78, 5) is 34.9. The number of pyridine rings is 1. The van der Waals surface area contributed by atoms with Crippen LogP contribution in [0.1, 0.15) is 25.3 Å². The molecule has 3 aromatic rings. The highest BCUT2D eigenvalue weighted by atomic mass is 16.2. The molecule has 0 bridgehead atoms. The molecule has 7 nitrogen and oxygen atoms in total. The lowest BCUT2D eigenvalue weighted by Gasteiger charge is -2.23. The average molecular weight is 363 g/mol. The summed E-state index contributed by atoms with van der Waals surface area (Å²) < 4.78 is 1.92. The first-order chi connectivity index (χ1) is 13.1. The fourth-order valence-corrected chi connectivity index (χ4v) is 3.46. The van der Waals surface area contributed by atoms with Gasteiger partial charge in [-0.25, -0.2) is 9.97 Å². The molecule has 2 amide bonds. The first-order valence-electron chi connectivity index (χ1n) is 9.08. The van der Waals surface area contributed by atoms with Crippen LogP contribution in [-0.4, -0.2) is 43.8 Å². The Kier molecular flexibility index (Phi) is 4.58. The van der Waals surface area contributed by atoms with Crippen molar-refractivity contribution in [3.05, 3.63) is 54.5 Å². The highest BCUT2D eigenvalue weighted by Crippen LogP contribution is 2.19. The van der Waals surface area contributed by atoms with Crippen molar-refractivity contribution < 1.29 is 9.59 Å². The molecule has 0 saturated carbocycles. The van der Waals surface area contributed by atoms with E-state index < -0.39 is 6.04 Å². The summed E-state index contributed by atoms with van der Waals surface area (Å²) >= 11 is 0. The van der Waals surface area contributed by atoms with E-state index in [2.05, 4.69) is 15.3 Å². The number of amides is 2. The van der Waals surface area contributed by atoms with Crippen molar-refractivity contribution in [3.8, 4) is 5.82 Å². The van der Waals surface area contributed by atoms with Gasteiger partial charge in [0.05, 0.1) is 11.0 Å². The Bertz CT molecular complexity index is 997. The number of likely N-dealkylation sites (tertiary alicyclic amines) is 1. The fraction of sp³-hybridized carbons (Fsp3) is 0.300. The Balaban J connectivity index is 1.54. The van der Waals surface area contributed by atoms with Crippen LogP contribution in [0.5, 0.6) is 0 Å². The molecular weight excluding hydrogens is 342 g/mol. The third-order valence-corrected chi connectivity index (χ3v) is 4.96. The number of nitrogens with zero attached hydrogens (tertiary/aromatic N) is 4. The molecule has 3 heterocycles. The summed E-state index contributed by atoms with van der Waals surface area (Å²) in [5.41, 5.74) is 2.73. The van der Waals surface area contributed by atoms with Gasteiger partial charge in [-0.3, -0.25) is 14.2 Å². The van der Waals surface area contributed by atoms with Crippen molar-refractivity contribution >= 4 is 22.8 Å². The van der Waals surface area contributed by atoms with E-state index in [4.69, 9.17) is 0 Å². The van der Waals surface area contributed by atoms with Gasteiger partial charge in [-0.2, -0.15) is 0 Å². The molecule has 1 N–H and O–H groups in total. The number of carbonyl (C=O) groups is 2. The van der Waals surface area contributed by atoms with E-state index in [0.717, 1.165) is 28.8 Å². The van der Waals surface area contributed by atoms with Gasteiger partial charge in [0.2, 0.25) is 11.8 Å². The molecule has 0 radical (unpaired) electrons. The predicted molar refractivity (Wildman–Crippen MR) is 101 cm³/mol. The molecule has 2 aromatic heterocycles. The van der Waals surface area contributed by atoms with E-state index in [9.17, 15) is 9.59 Å². The molecule has 138 valence electrons. The minimum absolute atomic E-state index is 0.0459. The highest BCUT2D eigenvalue weighted by Gasteiger charge is 2.29. The van der Waals surface area contributed by atoms with E-state index >= 15 is 0 Å². The molecule has 1 aromatic carbocycles. The van der Waals surface area contributed by atoms with Crippen LogP contribution in [0.15, 0.2) is 48.9 Å². The average Bonchev–Trinajstić information content (AvgIpc) is 3.32. The number of aromatic nitrogens is 3. The Morgan fingerprint density at radius 3 is 2.89 bits per heavy atom. The second kappa shape index (κ2) is 7.19. The maximum absolute atomic E-state index is 12.5. The minimum Gasteiger partial charge on any atom is -0.350 e. The van der Waals surface area contributed by atoms with Gasteiger partial charge in [-0.15, -0.1) is 0 Å². The Morgan fingerprint density at radius 2 is 2.07 bits per heavy atom. The molecule has 0 unspecified atom stereocenters. The number of fused-ring (bicyclic) bond motifs is 1. The van der Waals surface area contributed by atoms with Gasteiger partial charge < -0.3 is 10.2 Å². The van der Waals surface area contributed by atoms with Crippen molar-refractivity contribution in [2.24, 2.45) is 0 Å². The highest BCUT2D eigenvalue weighted by molar-refractivity contribution is 5.88. The maximum Gasteiger partial charge on any atom is 0.242 e. The molecule has 1 aliphatic rings. The summed E-state index contributed by atoms with van der Waals surface area (Å²) in [6, 6.07) is 11.2. The third kappa shape index (κ3) is 3.28. The molecule has 1 fully saturated rings. The second-order valence-corrected chi connectivity index (χ2v) is 6.67. The van der Waals surface area contributed by atoms with Gasteiger partial charge in [-0.1, -0.05) is 18.2 Å². The maximum atomic E-state index is 12.5. The van der Waals surface area contributed by atoms with Crippen molar-refractivity contribution in [2.45, 2.75) is 32.4 Å². The summed E-state index contributed by atoms with van der Waals surface area (Å²) in [6.07, 6.45) is 4.81. The Morgan fingerprint density at radius 1 is 1.22 bits per heavy atom. The van der Waals surface area contributed by atoms with Crippen LogP contribution >= 0.6 is 0 Å². The molecule has 4 rings (SSSR count). The van der Waals surface area contributed by atoms with Gasteiger partial charge in [0.1, 0.15) is 18.2 Å². The number of para-hydroxylation sites is 2. The molecule has 0 spiro atoms. The van der Waals surface area contributed by atoms with E-state index in [0.29, 0.717) is 19.5 Å². The largest absolute Gasteiger partial charge is 0.350 e. The quantitative estimate of drug-likeness (QED) is 0.752. The van der Waals surface area contributed by atoms with Gasteiger partial charge >= 0.3 is 0 Å². The van der Waals surface area contributed by atoms with Crippen LogP contribution < -0.4 is 5.32 Å². The van der Waals surface area contributed by atoms with Crippen LogP contribution in [-0.2, 0) is 16.1 Å². The van der Waals surface area contributed by atoms with E-state index in [1.54, 1.807) is 24.3 Å². The number of hydrogen-bond acceptors (Lipinski definition) is 4. The summed E-state index contributed by atoms with van der Waals surface area (Å²) in [5.74, 6) is 0.622. The minimum atomic E-state index is -0.464. The molecule has 1 aliphatic heterocycles. The Labute approximate surface area is 157 Å². The molecule has 1 atom stereocenters. The SMILES string of the molecule is C[C@H](C(=O)NCc1cccnc1-n1cnc2ccccc21)N1CCCC1=O. The zero-order valence-electron chi connectivity index (χ0n) is 15.1. The van der Waals surface area contributed by atoms with Crippen molar-refractivity contribution in [1.82, 2.24) is 24.8 Å². The lowest BCUT2D eigenvalue weighted by atomic mass is 10.2. The number of hydrogen-bond donors (Lipinski definition) is 1. The van der Waals surface area contributed by atoms with Crippen LogP contribution in [0.4, 0.5) is 0 Å². The number of carbonyl (C=O) groups excluding carboxylic acids is 2. The van der Waals surface area contributed by atoms with E-state index in [1.165, 1.54) is 0 Å². The van der Waals surface area contributed by atoms with Gasteiger partial charge in [-0.05, 0) is 31.5 Å². The normalized spacial score (nSPS) is 15.3. The lowest BCUT2D eigenvalue weighted by molar-refractivity contribution is -0.136.